The van der Waals surface area contributed by atoms with E-state index in [1.165, 1.54) is 6.33 Å². The van der Waals surface area contributed by atoms with E-state index >= 15 is 0 Å². The Bertz CT molecular complexity index is 1230. The fraction of sp³-hybridized carbons (Fsp3) is 0.217. The van der Waals surface area contributed by atoms with Crippen molar-refractivity contribution in [1.82, 2.24) is 15.0 Å². The molecular formula is C23H18N6OS. The number of amides is 1. The number of anilines is 2. The summed E-state index contributed by atoms with van der Waals surface area (Å²) in [5.74, 6) is 0.304. The summed E-state index contributed by atoms with van der Waals surface area (Å²) in [5.41, 5.74) is 3.47. The first-order valence-corrected chi connectivity index (χ1v) is 10.3. The highest BCUT2D eigenvalue weighted by Crippen LogP contribution is 2.48. The molecule has 3 aromatic rings. The van der Waals surface area contributed by atoms with Crippen molar-refractivity contribution in [2.24, 2.45) is 0 Å². The van der Waals surface area contributed by atoms with Gasteiger partial charge in [-0.2, -0.15) is 0 Å². The van der Waals surface area contributed by atoms with Crippen LogP contribution in [-0.2, 0) is 4.79 Å². The molecule has 1 amide bonds. The van der Waals surface area contributed by atoms with Gasteiger partial charge >= 0.3 is 0 Å². The molecule has 0 radical (unpaired) electrons. The zero-order valence-corrected chi connectivity index (χ0v) is 17.6. The topological polar surface area (TPSA) is 66.6 Å². The summed E-state index contributed by atoms with van der Waals surface area (Å²) in [6.45, 7) is 9.03. The smallest absolute Gasteiger partial charge is 0.272 e. The van der Waals surface area contributed by atoms with Crippen LogP contribution < -0.4 is 9.80 Å². The summed E-state index contributed by atoms with van der Waals surface area (Å²) in [5, 5.41) is 0.442. The van der Waals surface area contributed by atoms with E-state index in [0.717, 1.165) is 41.6 Å². The van der Waals surface area contributed by atoms with Crippen molar-refractivity contribution in [3.63, 3.8) is 0 Å². The fourth-order valence-electron chi connectivity index (χ4n) is 4.25. The second kappa shape index (κ2) is 7.22. The Morgan fingerprint density at radius 3 is 2.35 bits per heavy atom. The number of carbonyl (C=O) groups excluding carboxylic acids is 1. The largest absolute Gasteiger partial charge is 0.360 e. The average Bonchev–Trinajstić information content (AvgIpc) is 3.01. The van der Waals surface area contributed by atoms with E-state index in [9.17, 15) is 4.79 Å². The second-order valence-electron chi connectivity index (χ2n) is 7.76. The molecule has 2 fully saturated rings. The van der Waals surface area contributed by atoms with Crippen LogP contribution in [0.4, 0.5) is 17.2 Å². The van der Waals surface area contributed by atoms with Crippen molar-refractivity contribution in [1.29, 1.82) is 0 Å². The summed E-state index contributed by atoms with van der Waals surface area (Å²) in [6, 6.07) is 9.76. The normalized spacial score (nSPS) is 17.0. The summed E-state index contributed by atoms with van der Waals surface area (Å²) in [4.78, 5) is 32.9. The van der Waals surface area contributed by atoms with Crippen LogP contribution in [0.2, 0.25) is 0 Å². The van der Waals surface area contributed by atoms with Gasteiger partial charge in [-0.15, -0.1) is 4.98 Å². The van der Waals surface area contributed by atoms with Gasteiger partial charge in [0.25, 0.3) is 11.7 Å². The van der Waals surface area contributed by atoms with Gasteiger partial charge in [0.05, 0.1) is 5.69 Å². The van der Waals surface area contributed by atoms with E-state index in [0.29, 0.717) is 16.6 Å². The lowest BCUT2D eigenvalue weighted by Crippen LogP contribution is -2.55. The van der Waals surface area contributed by atoms with Gasteiger partial charge in [-0.25, -0.2) is 9.97 Å². The van der Waals surface area contributed by atoms with E-state index < -0.39 is 5.54 Å². The minimum absolute atomic E-state index is 0.0268. The van der Waals surface area contributed by atoms with Crippen molar-refractivity contribution in [2.45, 2.75) is 31.7 Å². The number of hydrogen-bond acceptors (Lipinski definition) is 5. The molecule has 2 aliphatic rings. The summed E-state index contributed by atoms with van der Waals surface area (Å²) in [6.07, 6.45) is 9.08. The molecule has 3 heterocycles. The minimum atomic E-state index is -0.652. The van der Waals surface area contributed by atoms with Crippen LogP contribution in [0.15, 0.2) is 55.2 Å². The van der Waals surface area contributed by atoms with Gasteiger partial charge in [0, 0.05) is 23.6 Å². The monoisotopic (exact) mass is 426 g/mol. The van der Waals surface area contributed by atoms with E-state index in [1.54, 1.807) is 29.6 Å². The molecule has 152 valence electrons. The molecule has 0 atom stereocenters. The zero-order chi connectivity index (χ0) is 21.6. The third-order valence-electron chi connectivity index (χ3n) is 6.01. The van der Waals surface area contributed by atoms with E-state index in [4.69, 9.17) is 18.8 Å². The molecular weight excluding hydrogens is 408 g/mol. The molecule has 1 saturated carbocycles. The van der Waals surface area contributed by atoms with Crippen LogP contribution in [0.1, 0.15) is 24.8 Å². The Morgan fingerprint density at radius 1 is 1.06 bits per heavy atom. The number of thiocarbonyl (C=S) groups is 1. The Labute approximate surface area is 185 Å². The van der Waals surface area contributed by atoms with Crippen LogP contribution in [0, 0.1) is 13.5 Å². The van der Waals surface area contributed by atoms with Crippen molar-refractivity contribution >= 4 is 40.4 Å². The molecule has 0 N–H and O–H groups in total. The standard InChI is InChI=1S/C23H18N6OS/c1-15-10-19(13-27-20(15)24-2)28-21(30)23(8-3-9-23)29(22(28)31)18-6-4-16(5-7-18)17-11-25-14-26-12-17/h4-7,10-14H,3,8-9H2,1H3. The van der Waals surface area contributed by atoms with Crippen LogP contribution in [0.3, 0.4) is 0 Å². The second-order valence-corrected chi connectivity index (χ2v) is 8.13. The molecule has 31 heavy (non-hydrogen) atoms. The highest BCUT2D eigenvalue weighted by molar-refractivity contribution is 7.81. The number of hydrogen-bond donors (Lipinski definition) is 0. The third kappa shape index (κ3) is 2.89. The molecule has 1 aromatic carbocycles. The molecule has 1 aliphatic carbocycles. The van der Waals surface area contributed by atoms with Crippen LogP contribution in [0.25, 0.3) is 16.0 Å². The minimum Gasteiger partial charge on any atom is -0.360 e. The maximum absolute atomic E-state index is 13.6. The molecule has 0 bridgehead atoms. The number of aryl methyl sites for hydroxylation is 1. The highest BCUT2D eigenvalue weighted by Gasteiger charge is 2.59. The lowest BCUT2D eigenvalue weighted by Gasteiger charge is -2.43. The number of nitrogens with zero attached hydrogens (tertiary/aromatic N) is 6. The van der Waals surface area contributed by atoms with Crippen molar-refractivity contribution < 1.29 is 4.79 Å². The number of rotatable bonds is 3. The highest BCUT2D eigenvalue weighted by atomic mass is 32.1. The Kier molecular flexibility index (Phi) is 4.49. The van der Waals surface area contributed by atoms with Crippen LogP contribution >= 0.6 is 12.2 Å². The third-order valence-corrected chi connectivity index (χ3v) is 6.38. The van der Waals surface area contributed by atoms with Gasteiger partial charge in [0.2, 0.25) is 0 Å². The van der Waals surface area contributed by atoms with Gasteiger partial charge in [-0.05, 0) is 67.7 Å². The quantitative estimate of drug-likeness (QED) is 0.455. The molecule has 1 saturated heterocycles. The Balaban J connectivity index is 1.53. The van der Waals surface area contributed by atoms with Crippen LogP contribution in [-0.4, -0.2) is 31.5 Å². The number of benzene rings is 1. The number of carbonyl (C=O) groups is 1. The molecule has 8 heteroatoms. The first-order chi connectivity index (χ1) is 15.0. The first-order valence-electron chi connectivity index (χ1n) is 9.93. The van der Waals surface area contributed by atoms with Gasteiger partial charge in [0.15, 0.2) is 5.11 Å². The van der Waals surface area contributed by atoms with Gasteiger partial charge in [-0.3, -0.25) is 9.69 Å². The number of aromatic nitrogens is 3. The van der Waals surface area contributed by atoms with Crippen molar-refractivity contribution in [3.8, 4) is 11.1 Å². The summed E-state index contributed by atoms with van der Waals surface area (Å²) in [7, 11) is 0. The average molecular weight is 427 g/mol. The summed E-state index contributed by atoms with van der Waals surface area (Å²) >= 11 is 5.81. The molecule has 0 unspecified atom stereocenters. The first kappa shape index (κ1) is 19.3. The molecule has 5 rings (SSSR count). The van der Waals surface area contributed by atoms with Gasteiger partial charge in [0.1, 0.15) is 18.1 Å². The maximum Gasteiger partial charge on any atom is 0.272 e. The predicted molar refractivity (Wildman–Crippen MR) is 122 cm³/mol. The van der Waals surface area contributed by atoms with Crippen LogP contribution in [0.5, 0.6) is 0 Å². The Hall–Kier alpha value is -3.70. The number of pyridine rings is 1. The Morgan fingerprint density at radius 2 is 1.77 bits per heavy atom. The van der Waals surface area contributed by atoms with E-state index in [2.05, 4.69) is 19.8 Å². The zero-order valence-electron chi connectivity index (χ0n) is 16.8. The van der Waals surface area contributed by atoms with E-state index in [1.807, 2.05) is 36.1 Å². The van der Waals surface area contributed by atoms with E-state index in [-0.39, 0.29) is 5.91 Å². The lowest BCUT2D eigenvalue weighted by atomic mass is 9.75. The summed E-state index contributed by atoms with van der Waals surface area (Å²) < 4.78 is 0. The molecule has 1 spiro atoms. The lowest BCUT2D eigenvalue weighted by molar-refractivity contribution is -0.123. The van der Waals surface area contributed by atoms with Gasteiger partial charge < -0.3 is 9.74 Å². The molecule has 1 aliphatic heterocycles. The van der Waals surface area contributed by atoms with Crippen molar-refractivity contribution in [2.75, 3.05) is 9.80 Å². The van der Waals surface area contributed by atoms with Gasteiger partial charge in [-0.1, -0.05) is 18.7 Å². The van der Waals surface area contributed by atoms with Crippen molar-refractivity contribution in [3.05, 3.63) is 72.2 Å². The fourth-order valence-corrected chi connectivity index (χ4v) is 4.72. The predicted octanol–water partition coefficient (Wildman–Crippen LogP) is 4.46. The SMILES string of the molecule is [C-]#[N+]c1ncc(N2C(=O)C3(CCC3)N(c3ccc(-c4cncnc4)cc3)C2=S)cc1C. The molecule has 7 nitrogen and oxygen atoms in total. The maximum atomic E-state index is 13.6. The molecule has 2 aromatic heterocycles.